The molecule has 3 unspecified atom stereocenters. The van der Waals surface area contributed by atoms with E-state index in [-0.39, 0.29) is 0 Å². The third kappa shape index (κ3) is 12.4. The number of hydrogen-bond donors (Lipinski definition) is 2. The first kappa shape index (κ1) is 32.1. The first-order valence-corrected chi connectivity index (χ1v) is 23.1. The summed E-state index contributed by atoms with van der Waals surface area (Å²) in [5, 5.41) is 1.01. The van der Waals surface area contributed by atoms with Gasteiger partial charge in [0.25, 0.3) is 10.1 Å². The van der Waals surface area contributed by atoms with Crippen molar-refractivity contribution in [2.24, 2.45) is 0 Å². The van der Waals surface area contributed by atoms with Crippen LogP contribution in [-0.4, -0.2) is 34.7 Å². The Balaban J connectivity index is 0.00000104. The summed E-state index contributed by atoms with van der Waals surface area (Å²) in [4.78, 5) is 0. The van der Waals surface area contributed by atoms with E-state index in [0.29, 0.717) is 21.7 Å². The van der Waals surface area contributed by atoms with E-state index in [2.05, 4.69) is 98.7 Å². The molecule has 2 aromatic rings. The van der Waals surface area contributed by atoms with Crippen LogP contribution < -0.4 is 9.77 Å². The Labute approximate surface area is 215 Å². The molecule has 34 heavy (non-hydrogen) atoms. The molecule has 0 spiro atoms. The first-order chi connectivity index (χ1) is 15.1. The molecule has 0 bridgehead atoms. The van der Waals surface area contributed by atoms with E-state index in [9.17, 15) is 8.42 Å². The number of hydrogen-bond acceptors (Lipinski definition) is 3. The van der Waals surface area contributed by atoms with Gasteiger partial charge in [-0.3, -0.25) is 4.55 Å². The Morgan fingerprint density at radius 1 is 0.706 bits per heavy atom. The zero-order valence-electron chi connectivity index (χ0n) is 22.2. The van der Waals surface area contributed by atoms with Gasteiger partial charge < -0.3 is 0 Å². The van der Waals surface area contributed by atoms with E-state index in [1.807, 2.05) is 12.1 Å². The Morgan fingerprint density at radius 3 is 1.38 bits per heavy atom. The smallest absolute Gasteiger partial charge is 0.261 e. The number of anilines is 1. The van der Waals surface area contributed by atoms with Crippen molar-refractivity contribution < 1.29 is 27.0 Å². The molecule has 0 fully saturated rings. The standard InChI is InChI=1S/C12H10N.3C4H10P.CH4O3S.Pd/c13-12-9-5-4-8-11(12)10-6-2-1-3-7-10;3*1-4(2,3)5;1-5(2,3)4;/h1-6,8-9H,13H2;3*5H,1-3H3;1H3,(H,2,3,4);/q;3*-1;;+3. The second-order valence-corrected chi connectivity index (χ2v) is 38.4. The molecule has 2 aromatic carbocycles. The third-order valence-corrected chi connectivity index (χ3v) is 34.7. The number of nitrogen functional groups attached to an aromatic ring is 1. The van der Waals surface area contributed by atoms with Gasteiger partial charge in [0.1, 0.15) is 0 Å². The van der Waals surface area contributed by atoms with E-state index in [1.54, 1.807) is 4.04 Å². The van der Waals surface area contributed by atoms with Gasteiger partial charge in [0.2, 0.25) is 0 Å². The van der Waals surface area contributed by atoms with Crippen LogP contribution in [0, 0.1) is 0 Å². The molecule has 0 aliphatic carbocycles. The van der Waals surface area contributed by atoms with Crippen molar-refractivity contribution in [3.63, 3.8) is 0 Å². The van der Waals surface area contributed by atoms with Crippen molar-refractivity contribution in [3.8, 4) is 11.1 Å². The molecule has 2 rings (SSSR count). The van der Waals surface area contributed by atoms with Gasteiger partial charge in [-0.25, -0.2) is 0 Å². The van der Waals surface area contributed by atoms with E-state index in [0.717, 1.165) is 26.0 Å². The van der Waals surface area contributed by atoms with Crippen molar-refractivity contribution in [1.82, 2.24) is 0 Å². The fourth-order valence-corrected chi connectivity index (χ4v) is 55.2. The molecule has 0 saturated carbocycles. The number of benzene rings is 2. The molecule has 3 N–H and O–H groups in total. The van der Waals surface area contributed by atoms with Crippen molar-refractivity contribution in [2.75, 3.05) is 12.0 Å². The van der Waals surface area contributed by atoms with Crippen LogP contribution in [0.5, 0.6) is 0 Å². The Hall–Kier alpha value is 0.102. The van der Waals surface area contributed by atoms with Crippen LogP contribution in [0.1, 0.15) is 62.3 Å². The molecule has 0 aromatic heterocycles. The number of rotatable bonds is 5. The minimum absolute atomic E-state index is 0.336. The summed E-state index contributed by atoms with van der Waals surface area (Å²) in [6, 6.07) is 17.6. The fourth-order valence-electron chi connectivity index (χ4n) is 2.86. The maximum absolute atomic E-state index is 9.19. The van der Waals surface area contributed by atoms with Gasteiger partial charge in [-0.2, -0.15) is 8.42 Å². The molecular weight excluding hydrogens is 594 g/mol. The first-order valence-electron chi connectivity index (χ1n) is 11.0. The molecule has 0 saturated heterocycles. The Morgan fingerprint density at radius 2 is 1.03 bits per heavy atom. The summed E-state index contributed by atoms with van der Waals surface area (Å²) in [6.45, 7) is 25.0. The van der Waals surface area contributed by atoms with Crippen LogP contribution in [0.25, 0.3) is 11.1 Å². The zero-order valence-corrected chi connectivity index (χ0v) is 27.6. The average Bonchev–Trinajstić information content (AvgIpc) is 2.56. The number of nitrogens with two attached hydrogens (primary N) is 1. The summed E-state index contributed by atoms with van der Waals surface area (Å²) < 4.78 is 27.5. The van der Waals surface area contributed by atoms with Crippen LogP contribution >= 0.6 is 20.3 Å². The molecule has 0 aliphatic rings. The topological polar surface area (TPSA) is 80.4 Å². The molecule has 0 radical (unpaired) electrons. The van der Waals surface area contributed by atoms with Crippen LogP contribution in [0.3, 0.4) is 0 Å². The predicted octanol–water partition coefficient (Wildman–Crippen LogP) is 7.40. The SMILES string of the molecule is CC(C)(C)[PH][Pd]([PH]C(C)(C)C)([PH]C(C)(C)C)[c]1ccccc1-c1ccccc1N.CS(=O)(=O)O. The molecular formula is C25H44NO3P3PdS. The zero-order chi connectivity index (χ0) is 26.6. The predicted molar refractivity (Wildman–Crippen MR) is 158 cm³/mol. The Bertz CT molecular complexity index is 1010. The third-order valence-electron chi connectivity index (χ3n) is 3.42. The van der Waals surface area contributed by atoms with Crippen molar-refractivity contribution in [2.45, 2.75) is 77.8 Å². The van der Waals surface area contributed by atoms with Gasteiger partial charge in [0, 0.05) is 0 Å². The molecule has 198 valence electrons. The average molecular weight is 638 g/mol. The van der Waals surface area contributed by atoms with Gasteiger partial charge in [-0.05, 0) is 0 Å². The van der Waals surface area contributed by atoms with Gasteiger partial charge in [0.15, 0.2) is 0 Å². The molecule has 9 heteroatoms. The van der Waals surface area contributed by atoms with Gasteiger partial charge >= 0.3 is 187 Å². The van der Waals surface area contributed by atoms with Crippen molar-refractivity contribution >= 4 is 40.2 Å². The van der Waals surface area contributed by atoms with Gasteiger partial charge in [-0.15, -0.1) is 0 Å². The van der Waals surface area contributed by atoms with Gasteiger partial charge in [0.05, 0.1) is 6.26 Å². The summed E-state index contributed by atoms with van der Waals surface area (Å²) in [7, 11) is -3.67. The van der Waals surface area contributed by atoms with Gasteiger partial charge in [-0.1, -0.05) is 0 Å². The monoisotopic (exact) mass is 637 g/mol. The van der Waals surface area contributed by atoms with Crippen LogP contribution in [0.4, 0.5) is 5.69 Å². The summed E-state index contributed by atoms with van der Waals surface area (Å²) in [5.74, 6) is 0. The van der Waals surface area contributed by atoms with Crippen LogP contribution in [0.15, 0.2) is 48.5 Å². The minimum Gasteiger partial charge on any atom is -0.286 e. The second-order valence-electron chi connectivity index (χ2n) is 11.2. The van der Waals surface area contributed by atoms with Crippen molar-refractivity contribution in [3.05, 3.63) is 48.5 Å². The molecule has 4 nitrogen and oxygen atoms in total. The van der Waals surface area contributed by atoms with E-state index >= 15 is 0 Å². The molecule has 3 atom stereocenters. The van der Waals surface area contributed by atoms with Crippen LogP contribution in [-0.2, 0) is 24.2 Å². The van der Waals surface area contributed by atoms with E-state index in [4.69, 9.17) is 10.3 Å². The summed E-state index contributed by atoms with van der Waals surface area (Å²) in [6.07, 6.45) is 0.715. The largest absolute Gasteiger partial charge is 0.286 e. The summed E-state index contributed by atoms with van der Waals surface area (Å²) in [5.41, 5.74) is 9.95. The normalized spacial score (nSPS) is 16.7. The number of para-hydroxylation sites is 1. The maximum Gasteiger partial charge on any atom is 0.261 e. The van der Waals surface area contributed by atoms with E-state index in [1.165, 1.54) is 11.1 Å². The van der Waals surface area contributed by atoms with Crippen LogP contribution in [0.2, 0.25) is 0 Å². The molecule has 0 aliphatic heterocycles. The summed E-state index contributed by atoms with van der Waals surface area (Å²) >= 11 is -1.96. The van der Waals surface area contributed by atoms with Crippen molar-refractivity contribution in [1.29, 1.82) is 0 Å². The second kappa shape index (κ2) is 12.1. The minimum atomic E-state index is -3.67. The quantitative estimate of drug-likeness (QED) is 0.155. The molecule has 0 amide bonds. The molecule has 0 heterocycles. The van der Waals surface area contributed by atoms with E-state index < -0.39 is 24.2 Å². The Kier molecular flexibility index (Phi) is 11.4. The maximum atomic E-state index is 9.19. The fraction of sp³-hybridized carbons (Fsp3) is 0.520.